The summed E-state index contributed by atoms with van der Waals surface area (Å²) < 4.78 is 31.2. The second kappa shape index (κ2) is 4.48. The van der Waals surface area contributed by atoms with E-state index in [1.54, 1.807) is 0 Å². The van der Waals surface area contributed by atoms with Crippen molar-refractivity contribution in [3.05, 3.63) is 0 Å². The zero-order chi connectivity index (χ0) is 13.4. The fourth-order valence-corrected chi connectivity index (χ4v) is 2.67. The van der Waals surface area contributed by atoms with Crippen molar-refractivity contribution in [3.8, 4) is 0 Å². The second-order valence-electron chi connectivity index (χ2n) is 5.11. The zero-order valence-electron chi connectivity index (χ0n) is 10.4. The Morgan fingerprint density at radius 3 is 2.28 bits per heavy atom. The predicted octanol–water partition coefficient (Wildman–Crippen LogP) is 1.59. The SMILES string of the molecule is COC(=O)C1(C(=O)N2CCCC(F)(F)C2)CCC1. The van der Waals surface area contributed by atoms with E-state index in [-0.39, 0.29) is 12.8 Å². The minimum atomic E-state index is -2.84. The first-order valence-electron chi connectivity index (χ1n) is 6.17. The lowest BCUT2D eigenvalue weighted by molar-refractivity contribution is -0.174. The van der Waals surface area contributed by atoms with Crippen LogP contribution < -0.4 is 0 Å². The number of likely N-dealkylation sites (tertiary alicyclic amines) is 1. The number of methoxy groups -OCH3 is 1. The van der Waals surface area contributed by atoms with Gasteiger partial charge in [-0.05, 0) is 19.3 Å². The van der Waals surface area contributed by atoms with Gasteiger partial charge in [-0.2, -0.15) is 0 Å². The van der Waals surface area contributed by atoms with E-state index in [0.29, 0.717) is 19.4 Å². The molecule has 4 nitrogen and oxygen atoms in total. The maximum Gasteiger partial charge on any atom is 0.321 e. The van der Waals surface area contributed by atoms with Crippen LogP contribution in [0.4, 0.5) is 8.78 Å². The van der Waals surface area contributed by atoms with Gasteiger partial charge in [0.15, 0.2) is 0 Å². The quantitative estimate of drug-likeness (QED) is 0.560. The van der Waals surface area contributed by atoms with E-state index < -0.39 is 29.8 Å². The van der Waals surface area contributed by atoms with Crippen molar-refractivity contribution in [2.24, 2.45) is 5.41 Å². The predicted molar refractivity (Wildman–Crippen MR) is 59.1 cm³/mol. The number of halogens is 2. The largest absolute Gasteiger partial charge is 0.468 e. The molecule has 2 aliphatic rings. The van der Waals surface area contributed by atoms with Crippen LogP contribution in [0, 0.1) is 5.41 Å². The Morgan fingerprint density at radius 2 is 1.83 bits per heavy atom. The average Bonchev–Trinajstić information content (AvgIpc) is 2.25. The van der Waals surface area contributed by atoms with E-state index >= 15 is 0 Å². The van der Waals surface area contributed by atoms with E-state index in [9.17, 15) is 18.4 Å². The second-order valence-corrected chi connectivity index (χ2v) is 5.11. The summed E-state index contributed by atoms with van der Waals surface area (Å²) in [5.41, 5.74) is -1.19. The van der Waals surface area contributed by atoms with Gasteiger partial charge < -0.3 is 9.64 Å². The van der Waals surface area contributed by atoms with Crippen molar-refractivity contribution >= 4 is 11.9 Å². The number of amides is 1. The van der Waals surface area contributed by atoms with Gasteiger partial charge >= 0.3 is 5.97 Å². The molecule has 1 heterocycles. The summed E-state index contributed by atoms with van der Waals surface area (Å²) >= 11 is 0. The Bertz CT molecular complexity index is 366. The van der Waals surface area contributed by atoms with Gasteiger partial charge in [0, 0.05) is 13.0 Å². The molecule has 0 bridgehead atoms. The van der Waals surface area contributed by atoms with E-state index in [1.807, 2.05) is 0 Å². The van der Waals surface area contributed by atoms with Crippen LogP contribution in [0.1, 0.15) is 32.1 Å². The zero-order valence-corrected chi connectivity index (χ0v) is 10.4. The molecule has 2 rings (SSSR count). The molecule has 1 aliphatic heterocycles. The lowest BCUT2D eigenvalue weighted by atomic mass is 9.67. The smallest absolute Gasteiger partial charge is 0.321 e. The van der Waals surface area contributed by atoms with Crippen molar-refractivity contribution < 1.29 is 23.1 Å². The fourth-order valence-electron chi connectivity index (χ4n) is 2.67. The molecule has 0 aromatic carbocycles. The standard InChI is InChI=1S/C12H17F2NO3/c1-18-10(17)11(4-2-5-11)9(16)15-7-3-6-12(13,14)8-15/h2-8H2,1H3. The summed E-state index contributed by atoms with van der Waals surface area (Å²) in [6, 6.07) is 0. The van der Waals surface area contributed by atoms with Gasteiger partial charge in [-0.1, -0.05) is 6.42 Å². The summed E-state index contributed by atoms with van der Waals surface area (Å²) in [5, 5.41) is 0. The minimum absolute atomic E-state index is 0.192. The molecule has 0 N–H and O–H groups in total. The molecule has 1 saturated carbocycles. The Labute approximate surface area is 104 Å². The highest BCUT2D eigenvalue weighted by Crippen LogP contribution is 2.44. The number of hydrogen-bond acceptors (Lipinski definition) is 3. The summed E-state index contributed by atoms with van der Waals surface area (Å²) in [5.74, 6) is -3.91. The Balaban J connectivity index is 2.12. The number of alkyl halides is 2. The highest BCUT2D eigenvalue weighted by Gasteiger charge is 2.55. The van der Waals surface area contributed by atoms with Gasteiger partial charge in [0.1, 0.15) is 5.41 Å². The number of piperidine rings is 1. The van der Waals surface area contributed by atoms with Crippen LogP contribution in [-0.2, 0) is 14.3 Å². The summed E-state index contributed by atoms with van der Waals surface area (Å²) in [7, 11) is 1.22. The van der Waals surface area contributed by atoms with Crippen molar-refractivity contribution in [2.75, 3.05) is 20.2 Å². The fraction of sp³-hybridized carbons (Fsp3) is 0.833. The first-order chi connectivity index (χ1) is 8.41. The molecule has 0 radical (unpaired) electrons. The van der Waals surface area contributed by atoms with Crippen molar-refractivity contribution in [1.82, 2.24) is 4.90 Å². The molecule has 1 saturated heterocycles. The monoisotopic (exact) mass is 261 g/mol. The molecule has 6 heteroatoms. The van der Waals surface area contributed by atoms with Gasteiger partial charge in [-0.25, -0.2) is 8.78 Å². The minimum Gasteiger partial charge on any atom is -0.468 e. The molecule has 0 aromatic rings. The molecular formula is C12H17F2NO3. The third-order valence-electron chi connectivity index (χ3n) is 3.87. The molecular weight excluding hydrogens is 244 g/mol. The molecule has 0 unspecified atom stereocenters. The first-order valence-corrected chi connectivity index (χ1v) is 6.17. The van der Waals surface area contributed by atoms with E-state index in [2.05, 4.69) is 4.74 Å². The molecule has 18 heavy (non-hydrogen) atoms. The summed E-state index contributed by atoms with van der Waals surface area (Å²) in [6.07, 6.45) is 1.64. The Morgan fingerprint density at radius 1 is 1.17 bits per heavy atom. The van der Waals surface area contributed by atoms with Crippen LogP contribution >= 0.6 is 0 Å². The van der Waals surface area contributed by atoms with E-state index in [1.165, 1.54) is 7.11 Å². The number of esters is 1. The van der Waals surface area contributed by atoms with Crippen LogP contribution in [0.15, 0.2) is 0 Å². The third kappa shape index (κ3) is 2.08. The molecule has 0 aromatic heterocycles. The number of hydrogen-bond donors (Lipinski definition) is 0. The van der Waals surface area contributed by atoms with Crippen LogP contribution in [0.5, 0.6) is 0 Å². The number of carbonyl (C=O) groups excluding carboxylic acids is 2. The van der Waals surface area contributed by atoms with Crippen molar-refractivity contribution in [2.45, 2.75) is 38.0 Å². The maximum absolute atomic E-state index is 13.3. The summed E-state index contributed by atoms with van der Waals surface area (Å²) in [6.45, 7) is -0.280. The van der Waals surface area contributed by atoms with E-state index in [4.69, 9.17) is 0 Å². The van der Waals surface area contributed by atoms with Crippen molar-refractivity contribution in [3.63, 3.8) is 0 Å². The topological polar surface area (TPSA) is 46.6 Å². The molecule has 0 spiro atoms. The summed E-state index contributed by atoms with van der Waals surface area (Å²) in [4.78, 5) is 25.1. The normalized spacial score (nSPS) is 25.2. The number of nitrogens with zero attached hydrogens (tertiary/aromatic N) is 1. The lowest BCUT2D eigenvalue weighted by Crippen LogP contribution is -2.56. The highest BCUT2D eigenvalue weighted by molar-refractivity contribution is 6.03. The Kier molecular flexibility index (Phi) is 3.29. The highest BCUT2D eigenvalue weighted by atomic mass is 19.3. The number of carbonyl (C=O) groups is 2. The average molecular weight is 261 g/mol. The number of ether oxygens (including phenoxy) is 1. The van der Waals surface area contributed by atoms with E-state index in [0.717, 1.165) is 11.3 Å². The van der Waals surface area contributed by atoms with Crippen molar-refractivity contribution in [1.29, 1.82) is 0 Å². The van der Waals surface area contributed by atoms with Crippen LogP contribution in [0.3, 0.4) is 0 Å². The number of rotatable bonds is 2. The molecule has 1 amide bonds. The Hall–Kier alpha value is -1.20. The van der Waals surface area contributed by atoms with Crippen LogP contribution in [0.2, 0.25) is 0 Å². The van der Waals surface area contributed by atoms with Crippen LogP contribution in [-0.4, -0.2) is 42.9 Å². The van der Waals surface area contributed by atoms with Gasteiger partial charge in [0.2, 0.25) is 5.91 Å². The maximum atomic E-state index is 13.3. The van der Waals surface area contributed by atoms with Crippen LogP contribution in [0.25, 0.3) is 0 Å². The van der Waals surface area contributed by atoms with Gasteiger partial charge in [0.05, 0.1) is 13.7 Å². The van der Waals surface area contributed by atoms with Gasteiger partial charge in [-0.15, -0.1) is 0 Å². The third-order valence-corrected chi connectivity index (χ3v) is 3.87. The molecule has 1 aliphatic carbocycles. The first kappa shape index (κ1) is 13.2. The molecule has 0 atom stereocenters. The van der Waals surface area contributed by atoms with Gasteiger partial charge in [0.25, 0.3) is 5.92 Å². The molecule has 2 fully saturated rings. The lowest BCUT2D eigenvalue weighted by Gasteiger charge is -2.43. The molecule has 102 valence electrons. The van der Waals surface area contributed by atoms with Gasteiger partial charge in [-0.3, -0.25) is 9.59 Å².